The number of aliphatic carboxylic acids is 1. The molecule has 11 heteroatoms. The normalized spacial score (nSPS) is 15.3. The molecule has 0 aromatic heterocycles. The van der Waals surface area contributed by atoms with E-state index < -0.39 is 62.1 Å². The van der Waals surface area contributed by atoms with Crippen LogP contribution in [0.25, 0.3) is 0 Å². The lowest BCUT2D eigenvalue weighted by Gasteiger charge is -2.27. The highest BCUT2D eigenvalue weighted by atomic mass is 31.2. The third-order valence-corrected chi connectivity index (χ3v) is 9.07. The highest BCUT2D eigenvalue weighted by Gasteiger charge is 2.33. The van der Waals surface area contributed by atoms with E-state index in [1.165, 1.54) is 6.92 Å². The van der Waals surface area contributed by atoms with Crippen LogP contribution in [0.1, 0.15) is 39.5 Å². The van der Waals surface area contributed by atoms with E-state index in [0.29, 0.717) is 13.0 Å². The van der Waals surface area contributed by atoms with E-state index in [2.05, 4.69) is 40.0 Å². The van der Waals surface area contributed by atoms with Gasteiger partial charge in [-0.2, -0.15) is 0 Å². The summed E-state index contributed by atoms with van der Waals surface area (Å²) in [6.07, 6.45) is 1.84. The minimum atomic E-state index is -1.38. The van der Waals surface area contributed by atoms with Gasteiger partial charge in [0.1, 0.15) is 19.8 Å². The number of aliphatic hydroxyl groups is 1. The van der Waals surface area contributed by atoms with Gasteiger partial charge in [-0.05, 0) is 25.7 Å². The van der Waals surface area contributed by atoms with Crippen LogP contribution < -0.4 is 5.11 Å². The van der Waals surface area contributed by atoms with Crippen molar-refractivity contribution < 1.29 is 43.6 Å². The van der Waals surface area contributed by atoms with Crippen LogP contribution in [0.2, 0.25) is 0 Å². The van der Waals surface area contributed by atoms with Crippen molar-refractivity contribution in [1.82, 2.24) is 0 Å². The van der Waals surface area contributed by atoms with Crippen molar-refractivity contribution in [1.29, 1.82) is 0 Å². The smallest absolute Gasteiger partial charge is 0.309 e. The number of carboxylic acid groups (broad SMARTS) is 1. The molecule has 216 valence electrons. The molecular formula is C26H49O9P2+. The Morgan fingerprint density at radius 2 is 1.14 bits per heavy atom. The van der Waals surface area contributed by atoms with Crippen molar-refractivity contribution in [3.8, 4) is 0 Å². The highest BCUT2D eigenvalue weighted by molar-refractivity contribution is 7.74. The zero-order valence-corrected chi connectivity index (χ0v) is 25.8. The Morgan fingerprint density at radius 1 is 0.703 bits per heavy atom. The zero-order valence-electron chi connectivity index (χ0n) is 24.0. The average Bonchev–Trinajstić information content (AvgIpc) is 2.76. The van der Waals surface area contributed by atoms with Gasteiger partial charge in [-0.25, -0.2) is 0 Å². The molecule has 0 aromatic carbocycles. The van der Waals surface area contributed by atoms with Crippen LogP contribution >= 0.6 is 14.5 Å². The van der Waals surface area contributed by atoms with Crippen molar-refractivity contribution in [3.05, 3.63) is 0 Å². The minimum Gasteiger partial charge on any atom is -0.550 e. The fraction of sp³-hybridized carbons (Fsp3) is 0.846. The van der Waals surface area contributed by atoms with Gasteiger partial charge < -0.3 is 29.2 Å². The quantitative estimate of drug-likeness (QED) is 0.141. The second-order valence-corrected chi connectivity index (χ2v) is 21.7. The summed E-state index contributed by atoms with van der Waals surface area (Å²) in [6, 6.07) is 0. The summed E-state index contributed by atoms with van der Waals surface area (Å²) in [5, 5.41) is 20.8. The lowest BCUT2D eigenvalue weighted by atomic mass is 9.82. The first-order valence-electron chi connectivity index (χ1n) is 12.9. The first kappa shape index (κ1) is 35.7. The molecule has 0 aliphatic carbocycles. The van der Waals surface area contributed by atoms with Gasteiger partial charge in [0.05, 0.1) is 36.7 Å². The van der Waals surface area contributed by atoms with Crippen LogP contribution in [0.15, 0.2) is 0 Å². The van der Waals surface area contributed by atoms with Crippen LogP contribution in [0.4, 0.5) is 0 Å². The number of carboxylic acids is 1. The van der Waals surface area contributed by atoms with Gasteiger partial charge in [-0.15, -0.1) is 0 Å². The molecule has 0 rings (SSSR count). The van der Waals surface area contributed by atoms with Crippen LogP contribution in [0.3, 0.4) is 0 Å². The van der Waals surface area contributed by atoms with Gasteiger partial charge >= 0.3 is 17.9 Å². The molecule has 0 spiro atoms. The number of ether oxygens (including phenoxy) is 3. The molecule has 9 nitrogen and oxygen atoms in total. The third-order valence-electron chi connectivity index (χ3n) is 6.02. The largest absolute Gasteiger partial charge is 0.550 e. The molecule has 0 aromatic rings. The molecular weight excluding hydrogens is 518 g/mol. The van der Waals surface area contributed by atoms with Gasteiger partial charge in [0.15, 0.2) is 0 Å². The first-order chi connectivity index (χ1) is 17.0. The third kappa shape index (κ3) is 17.0. The number of rotatable bonds is 19. The maximum absolute atomic E-state index is 13.1. The van der Waals surface area contributed by atoms with Crippen molar-refractivity contribution in [3.63, 3.8) is 0 Å². The molecule has 0 saturated carbocycles. The number of hydrogen-bond donors (Lipinski definition) is 1. The molecule has 0 bridgehead atoms. The van der Waals surface area contributed by atoms with Crippen LogP contribution in [-0.2, 0) is 33.4 Å². The second kappa shape index (κ2) is 17.3. The molecule has 37 heavy (non-hydrogen) atoms. The van der Waals surface area contributed by atoms with Gasteiger partial charge in [0, 0.05) is 66.4 Å². The number of aliphatic hydroxyl groups excluding tert-OH is 1. The summed E-state index contributed by atoms with van der Waals surface area (Å²) >= 11 is 0. The first-order valence-corrected chi connectivity index (χ1v) is 19.6. The Kier molecular flexibility index (Phi) is 16.7. The van der Waals surface area contributed by atoms with E-state index in [-0.39, 0.29) is 39.1 Å². The van der Waals surface area contributed by atoms with E-state index in [1.807, 2.05) is 6.92 Å². The fourth-order valence-corrected chi connectivity index (χ4v) is 4.86. The van der Waals surface area contributed by atoms with Crippen LogP contribution in [-0.4, -0.2) is 108 Å². The fourth-order valence-electron chi connectivity index (χ4n) is 3.58. The maximum atomic E-state index is 13.1. The predicted octanol–water partition coefficient (Wildman–Crippen LogP) is 2.24. The minimum absolute atomic E-state index is 0.0939. The van der Waals surface area contributed by atoms with E-state index in [1.54, 1.807) is 0 Å². The molecule has 0 aliphatic heterocycles. The molecule has 4 atom stereocenters. The zero-order chi connectivity index (χ0) is 28.8. The Morgan fingerprint density at radius 3 is 1.54 bits per heavy atom. The molecule has 0 radical (unpaired) electrons. The Hall–Kier alpha value is -1.30. The Bertz CT molecular complexity index is 729. The van der Waals surface area contributed by atoms with E-state index in [4.69, 9.17) is 19.3 Å². The Balaban J connectivity index is 5.57. The SMILES string of the molecule is CCC(CC(CC(CC(C)C(=O)OCCO)C(=O)[O-])C(=O)OCC[P+](C)(C)C)C(=O)OCC[P+](C)(C)C. The summed E-state index contributed by atoms with van der Waals surface area (Å²) in [7, 11) is -2.29. The van der Waals surface area contributed by atoms with Crippen molar-refractivity contribution in [2.75, 3.05) is 78.7 Å². The number of carbonyl (C=O) groups excluding carboxylic acids is 4. The molecule has 0 amide bonds. The summed E-state index contributed by atoms with van der Waals surface area (Å²) in [6.45, 7) is 16.2. The topological polar surface area (TPSA) is 139 Å². The molecule has 0 heterocycles. The molecule has 4 unspecified atom stereocenters. The number of hydrogen-bond acceptors (Lipinski definition) is 9. The van der Waals surface area contributed by atoms with Crippen LogP contribution in [0.5, 0.6) is 0 Å². The monoisotopic (exact) mass is 567 g/mol. The van der Waals surface area contributed by atoms with Gasteiger partial charge in [0.2, 0.25) is 0 Å². The van der Waals surface area contributed by atoms with Crippen molar-refractivity contribution in [2.45, 2.75) is 39.5 Å². The van der Waals surface area contributed by atoms with Gasteiger partial charge in [0.25, 0.3) is 0 Å². The highest BCUT2D eigenvalue weighted by Crippen LogP contribution is 2.46. The van der Waals surface area contributed by atoms with Crippen molar-refractivity contribution in [2.24, 2.45) is 23.7 Å². The lowest BCUT2D eigenvalue weighted by Crippen LogP contribution is -2.37. The molecule has 0 saturated heterocycles. The molecule has 0 aliphatic rings. The summed E-state index contributed by atoms with van der Waals surface area (Å²) < 4.78 is 15.9. The summed E-state index contributed by atoms with van der Waals surface area (Å²) in [5.41, 5.74) is 0. The second-order valence-electron chi connectivity index (χ2n) is 11.7. The van der Waals surface area contributed by atoms with Gasteiger partial charge in [-0.1, -0.05) is 13.8 Å². The van der Waals surface area contributed by atoms with E-state index in [9.17, 15) is 24.3 Å². The molecule has 0 fully saturated rings. The average molecular weight is 568 g/mol. The van der Waals surface area contributed by atoms with E-state index >= 15 is 0 Å². The maximum Gasteiger partial charge on any atom is 0.309 e. The van der Waals surface area contributed by atoms with E-state index in [0.717, 1.165) is 12.3 Å². The van der Waals surface area contributed by atoms with Crippen LogP contribution in [0, 0.1) is 23.7 Å². The summed E-state index contributed by atoms with van der Waals surface area (Å²) in [5.74, 6) is -6.32. The number of carbonyl (C=O) groups is 4. The van der Waals surface area contributed by atoms with Gasteiger partial charge in [-0.3, -0.25) is 14.4 Å². The lowest BCUT2D eigenvalue weighted by molar-refractivity contribution is -0.312. The number of esters is 3. The standard InChI is InChI=1S/C26H49O9P2/c1-9-20(25(31)34-12-14-36(3,4)5)17-22(26(32)35-13-15-37(6,7)8)18-21(23(28)29)16-19(2)24(30)33-11-10-27/h19-22,27H,9-18H2,1-8H3/q+1. The summed E-state index contributed by atoms with van der Waals surface area (Å²) in [4.78, 5) is 49.9. The predicted molar refractivity (Wildman–Crippen MR) is 148 cm³/mol. The van der Waals surface area contributed by atoms with Crippen molar-refractivity contribution >= 4 is 38.4 Å². The molecule has 1 N–H and O–H groups in total. The Labute approximate surface area is 224 Å².